The summed E-state index contributed by atoms with van der Waals surface area (Å²) >= 11 is 0. The summed E-state index contributed by atoms with van der Waals surface area (Å²) < 4.78 is 4.75. The quantitative estimate of drug-likeness (QED) is 0.457. The monoisotopic (exact) mass is 243 g/mol. The molecule has 15 heavy (non-hydrogen) atoms. The summed E-state index contributed by atoms with van der Waals surface area (Å²) in [7, 11) is 0. The van der Waals surface area contributed by atoms with Gasteiger partial charge in [-0.1, -0.05) is 19.8 Å². The molecule has 0 aromatic heterocycles. The van der Waals surface area contributed by atoms with Gasteiger partial charge in [0.05, 0.1) is 6.61 Å². The van der Waals surface area contributed by atoms with Gasteiger partial charge in [-0.15, -0.1) is 0 Å². The topological polar surface area (TPSA) is 46.5 Å². The van der Waals surface area contributed by atoms with Crippen LogP contribution in [0, 0.1) is 0 Å². The van der Waals surface area contributed by atoms with E-state index in [9.17, 15) is 4.79 Å². The van der Waals surface area contributed by atoms with E-state index >= 15 is 0 Å². The van der Waals surface area contributed by atoms with Crippen molar-refractivity contribution >= 4 is 57.4 Å². The molecule has 0 spiro atoms. The number of carbonyl (C=O) groups is 1. The Morgan fingerprint density at radius 2 is 1.73 bits per heavy atom. The first-order valence-corrected chi connectivity index (χ1v) is 5.38. The molecule has 0 saturated heterocycles. The number of aliphatic hydroxyl groups excluding tert-OH is 1. The molecule has 0 bridgehead atoms. The second kappa shape index (κ2) is 17.5. The number of ether oxygens (including phenoxy) is 1. The van der Waals surface area contributed by atoms with E-state index in [1.807, 2.05) is 6.92 Å². The Kier molecular flexibility index (Phi) is 24.9. The first-order valence-electron chi connectivity index (χ1n) is 5.38. The Hall–Kier alpha value is 1.07. The van der Waals surface area contributed by atoms with Crippen LogP contribution in [0.3, 0.4) is 0 Å². The van der Waals surface area contributed by atoms with E-state index in [0.29, 0.717) is 13.0 Å². The van der Waals surface area contributed by atoms with Crippen LogP contribution in [-0.4, -0.2) is 75.2 Å². The average Bonchev–Trinajstić information content (AvgIpc) is 2.04. The molecule has 0 aliphatic heterocycles. The van der Waals surface area contributed by atoms with E-state index in [1.165, 1.54) is 0 Å². The van der Waals surface area contributed by atoms with E-state index in [0.717, 1.165) is 19.3 Å². The summed E-state index contributed by atoms with van der Waals surface area (Å²) in [6, 6.07) is 0. The van der Waals surface area contributed by atoms with Gasteiger partial charge in [-0.2, -0.15) is 0 Å². The Labute approximate surface area is 136 Å². The van der Waals surface area contributed by atoms with Crippen LogP contribution in [0.4, 0.5) is 0 Å². The molecule has 0 fully saturated rings. The van der Waals surface area contributed by atoms with Crippen molar-refractivity contribution in [2.45, 2.75) is 59.5 Å². The van der Waals surface area contributed by atoms with Gasteiger partial charge in [0.25, 0.3) is 0 Å². The van der Waals surface area contributed by atoms with Crippen molar-refractivity contribution in [3.05, 3.63) is 0 Å². The zero-order valence-electron chi connectivity index (χ0n) is 10.9. The van der Waals surface area contributed by atoms with Crippen LogP contribution in [-0.2, 0) is 9.53 Å². The molecular weight excluding hydrogens is 219 g/mol. The third-order valence-electron chi connectivity index (χ3n) is 1.29. The molecule has 0 heterocycles. The molecule has 1 radical (unpaired) electrons. The van der Waals surface area contributed by atoms with Crippen molar-refractivity contribution in [2.24, 2.45) is 0 Å². The summed E-state index contributed by atoms with van der Waals surface area (Å²) in [4.78, 5) is 10.7. The smallest absolute Gasteiger partial charge is 0.305 e. The van der Waals surface area contributed by atoms with Crippen LogP contribution in [0.5, 0.6) is 0 Å². The number of unbranched alkanes of at least 4 members (excludes halogenated alkanes) is 2. The van der Waals surface area contributed by atoms with Crippen molar-refractivity contribution in [3.8, 4) is 0 Å². The minimum Gasteiger partial charge on any atom is -0.466 e. The molecule has 0 aromatic rings. The molecule has 1 N–H and O–H groups in total. The molecule has 0 unspecified atom stereocenters. The van der Waals surface area contributed by atoms with Crippen LogP contribution in [0.25, 0.3) is 0 Å². The first-order chi connectivity index (χ1) is 6.54. The van der Waals surface area contributed by atoms with Crippen LogP contribution < -0.4 is 0 Å². The van der Waals surface area contributed by atoms with Gasteiger partial charge in [0.2, 0.25) is 0 Å². The van der Waals surface area contributed by atoms with E-state index in [2.05, 4.69) is 6.92 Å². The largest absolute Gasteiger partial charge is 0.466 e. The predicted molar refractivity (Wildman–Crippen MR) is 63.9 cm³/mol. The second-order valence-electron chi connectivity index (χ2n) is 3.36. The third kappa shape index (κ3) is 31.3. The van der Waals surface area contributed by atoms with Gasteiger partial charge in [-0.3, -0.25) is 4.79 Å². The number of rotatable bonds is 5. The van der Waals surface area contributed by atoms with Gasteiger partial charge < -0.3 is 9.84 Å². The van der Waals surface area contributed by atoms with E-state index in [4.69, 9.17) is 9.84 Å². The van der Waals surface area contributed by atoms with Gasteiger partial charge in [0.1, 0.15) is 0 Å². The molecule has 0 amide bonds. The van der Waals surface area contributed by atoms with Crippen molar-refractivity contribution in [2.75, 3.05) is 6.61 Å². The fourth-order valence-electron chi connectivity index (χ4n) is 0.752. The van der Waals surface area contributed by atoms with Crippen molar-refractivity contribution in [1.29, 1.82) is 0 Å². The van der Waals surface area contributed by atoms with E-state index < -0.39 is 0 Å². The van der Waals surface area contributed by atoms with Crippen molar-refractivity contribution < 1.29 is 14.6 Å². The number of aliphatic hydroxyl groups is 1. The molecule has 87 valence electrons. The van der Waals surface area contributed by atoms with Crippen LogP contribution in [0.2, 0.25) is 0 Å². The minimum atomic E-state index is -0.167. The number of hydrogen-bond acceptors (Lipinski definition) is 3. The van der Waals surface area contributed by atoms with E-state index in [1.54, 1.807) is 13.8 Å². The molecule has 0 atom stereocenters. The summed E-state index contributed by atoms with van der Waals surface area (Å²) in [5, 5.41) is 8.06. The molecule has 0 aromatic carbocycles. The second-order valence-corrected chi connectivity index (χ2v) is 3.36. The molecule has 4 heteroatoms. The minimum absolute atomic E-state index is 0. The van der Waals surface area contributed by atoms with Crippen molar-refractivity contribution in [3.63, 3.8) is 0 Å². The van der Waals surface area contributed by atoms with Crippen LogP contribution >= 0.6 is 0 Å². The SMILES string of the molecule is CC(C)O.CCCCCC(=O)OCC.[K]. The molecule has 0 saturated carbocycles. The van der Waals surface area contributed by atoms with Gasteiger partial charge >= 0.3 is 5.97 Å². The van der Waals surface area contributed by atoms with Gasteiger partial charge in [0.15, 0.2) is 0 Å². The van der Waals surface area contributed by atoms with Gasteiger partial charge in [-0.05, 0) is 27.2 Å². The normalized spacial score (nSPS) is 8.67. The molecule has 3 nitrogen and oxygen atoms in total. The predicted octanol–water partition coefficient (Wildman–Crippen LogP) is 2.14. The fourth-order valence-corrected chi connectivity index (χ4v) is 0.752. The van der Waals surface area contributed by atoms with Gasteiger partial charge in [-0.25, -0.2) is 0 Å². The first kappa shape index (κ1) is 21.4. The zero-order valence-corrected chi connectivity index (χ0v) is 14.0. The maximum atomic E-state index is 10.7. The summed E-state index contributed by atoms with van der Waals surface area (Å²) in [6.07, 6.45) is 3.66. The molecule has 0 aliphatic carbocycles. The summed E-state index contributed by atoms with van der Waals surface area (Å²) in [5.74, 6) is -0.0593. The molecular formula is C11H24KO3. The number of carbonyl (C=O) groups excluding carboxylic acids is 1. The standard InChI is InChI=1S/C8H16O2.C3H8O.K/c1-3-5-6-7-8(9)10-4-2;1-3(2)4;/h3-7H2,1-2H3;3-4H,1-2H3;. The van der Waals surface area contributed by atoms with Crippen LogP contribution in [0.15, 0.2) is 0 Å². The summed E-state index contributed by atoms with van der Waals surface area (Å²) in [6.45, 7) is 7.90. The Morgan fingerprint density at radius 1 is 1.27 bits per heavy atom. The maximum absolute atomic E-state index is 10.7. The van der Waals surface area contributed by atoms with Gasteiger partial charge in [0, 0.05) is 63.9 Å². The fraction of sp³-hybridized carbons (Fsp3) is 0.909. The molecule has 0 aliphatic rings. The summed E-state index contributed by atoms with van der Waals surface area (Å²) in [5.41, 5.74) is 0. The molecule has 0 rings (SSSR count). The Bertz CT molecular complexity index is 124. The Morgan fingerprint density at radius 3 is 2.07 bits per heavy atom. The number of esters is 1. The van der Waals surface area contributed by atoms with E-state index in [-0.39, 0.29) is 63.5 Å². The number of hydrogen-bond donors (Lipinski definition) is 1. The van der Waals surface area contributed by atoms with Crippen molar-refractivity contribution in [1.82, 2.24) is 0 Å². The third-order valence-corrected chi connectivity index (χ3v) is 1.29. The Balaban J connectivity index is -0.000000249. The zero-order chi connectivity index (χ0) is 11.4. The van der Waals surface area contributed by atoms with Crippen LogP contribution in [0.1, 0.15) is 53.4 Å². The average molecular weight is 243 g/mol. The maximum Gasteiger partial charge on any atom is 0.305 e.